The zero-order chi connectivity index (χ0) is 17.4. The fourth-order valence-corrected chi connectivity index (χ4v) is 6.81. The van der Waals surface area contributed by atoms with Crippen LogP contribution in [0.25, 0.3) is 0 Å². The fraction of sp³-hybridized carbons (Fsp3) is 0.474. The number of hydrogen-bond donors (Lipinski definition) is 0. The van der Waals surface area contributed by atoms with Crippen LogP contribution in [-0.2, 0) is 29.4 Å². The highest BCUT2D eigenvalue weighted by atomic mass is 32.2. The summed E-state index contributed by atoms with van der Waals surface area (Å²) in [4.78, 5) is 3.59. The molecule has 0 aliphatic carbocycles. The number of rotatable bonds is 4. The van der Waals surface area contributed by atoms with Crippen LogP contribution in [0.4, 0.5) is 0 Å². The molecule has 2 aliphatic heterocycles. The van der Waals surface area contributed by atoms with Crippen molar-refractivity contribution < 1.29 is 8.42 Å². The fourth-order valence-electron chi connectivity index (χ4n) is 3.87. The number of thiophene rings is 1. The maximum Gasteiger partial charge on any atom is 0.252 e. The number of nitrogens with zero attached hydrogens (tertiary/aromatic N) is 2. The van der Waals surface area contributed by atoms with Gasteiger partial charge in [-0.3, -0.25) is 4.90 Å². The van der Waals surface area contributed by atoms with Crippen molar-refractivity contribution in [2.45, 2.75) is 43.0 Å². The third-order valence-corrected chi connectivity index (χ3v) is 8.94. The maximum absolute atomic E-state index is 12.9. The molecule has 2 aliphatic rings. The van der Waals surface area contributed by atoms with Crippen molar-refractivity contribution in [2.24, 2.45) is 0 Å². The number of fused-ring (bicyclic) bond motifs is 1. The van der Waals surface area contributed by atoms with Gasteiger partial charge in [0, 0.05) is 37.1 Å². The minimum Gasteiger partial charge on any atom is -0.294 e. The molecule has 0 amide bonds. The topological polar surface area (TPSA) is 40.6 Å². The molecule has 1 fully saturated rings. The number of aryl methyl sites for hydroxylation is 1. The Labute approximate surface area is 154 Å². The summed E-state index contributed by atoms with van der Waals surface area (Å²) in [6.07, 6.45) is 2.87. The third-order valence-electron chi connectivity index (χ3n) is 5.38. The minimum atomic E-state index is -3.33. The first-order valence-corrected chi connectivity index (χ1v) is 11.2. The lowest BCUT2D eigenvalue weighted by atomic mass is 9.98. The Kier molecular flexibility index (Phi) is 4.71. The Bertz CT molecular complexity index is 860. The quantitative estimate of drug-likeness (QED) is 0.823. The van der Waals surface area contributed by atoms with Crippen LogP contribution in [-0.4, -0.2) is 43.3 Å². The van der Waals surface area contributed by atoms with E-state index in [1.807, 2.05) is 6.07 Å². The van der Waals surface area contributed by atoms with Crippen molar-refractivity contribution in [3.05, 3.63) is 52.4 Å². The predicted octanol–water partition coefficient (Wildman–Crippen LogP) is 3.13. The van der Waals surface area contributed by atoms with Crippen molar-refractivity contribution >= 4 is 21.4 Å². The van der Waals surface area contributed by atoms with Gasteiger partial charge in [0.2, 0.25) is 0 Å². The van der Waals surface area contributed by atoms with Gasteiger partial charge in [-0.1, -0.05) is 31.2 Å². The highest BCUT2D eigenvalue weighted by molar-refractivity contribution is 7.91. The van der Waals surface area contributed by atoms with Gasteiger partial charge in [0.1, 0.15) is 4.21 Å². The van der Waals surface area contributed by atoms with Crippen molar-refractivity contribution in [3.8, 4) is 0 Å². The largest absolute Gasteiger partial charge is 0.294 e. The van der Waals surface area contributed by atoms with Crippen molar-refractivity contribution in [1.82, 2.24) is 9.21 Å². The van der Waals surface area contributed by atoms with E-state index in [2.05, 4.69) is 36.1 Å². The minimum absolute atomic E-state index is 0.328. The molecular weight excluding hydrogens is 352 g/mol. The molecule has 6 heteroatoms. The lowest BCUT2D eigenvalue weighted by Gasteiger charge is -2.33. The average Bonchev–Trinajstić information content (AvgIpc) is 3.31. The Morgan fingerprint density at radius 3 is 2.68 bits per heavy atom. The van der Waals surface area contributed by atoms with Crippen molar-refractivity contribution in [3.63, 3.8) is 0 Å². The molecule has 0 saturated carbocycles. The molecule has 2 aromatic rings. The van der Waals surface area contributed by atoms with Crippen LogP contribution in [0.3, 0.4) is 0 Å². The normalized spacial score (nSPS) is 22.2. The zero-order valence-corrected chi connectivity index (χ0v) is 16.2. The summed E-state index contributed by atoms with van der Waals surface area (Å²) in [5, 5.41) is 0. The van der Waals surface area contributed by atoms with Gasteiger partial charge in [-0.25, -0.2) is 8.42 Å². The molecule has 0 N–H and O–H groups in total. The Morgan fingerprint density at radius 2 is 1.92 bits per heavy atom. The molecule has 4 rings (SSSR count). The Balaban J connectivity index is 1.46. The first-order valence-electron chi connectivity index (χ1n) is 8.97. The van der Waals surface area contributed by atoms with E-state index in [9.17, 15) is 8.42 Å². The molecule has 4 nitrogen and oxygen atoms in total. The van der Waals surface area contributed by atoms with Gasteiger partial charge in [0.15, 0.2) is 0 Å². The van der Waals surface area contributed by atoms with Gasteiger partial charge in [0.05, 0.1) is 0 Å². The molecule has 3 heterocycles. The van der Waals surface area contributed by atoms with Gasteiger partial charge in [-0.05, 0) is 42.5 Å². The lowest BCUT2D eigenvalue weighted by Crippen LogP contribution is -2.41. The summed E-state index contributed by atoms with van der Waals surface area (Å²) < 4.78 is 28.0. The van der Waals surface area contributed by atoms with Crippen LogP contribution in [0.1, 0.15) is 29.3 Å². The molecule has 1 aromatic carbocycles. The van der Waals surface area contributed by atoms with Gasteiger partial charge < -0.3 is 0 Å². The number of benzene rings is 1. The van der Waals surface area contributed by atoms with Gasteiger partial charge in [-0.15, -0.1) is 11.3 Å². The van der Waals surface area contributed by atoms with Gasteiger partial charge in [0.25, 0.3) is 10.0 Å². The van der Waals surface area contributed by atoms with Crippen molar-refractivity contribution in [1.29, 1.82) is 0 Å². The van der Waals surface area contributed by atoms with E-state index in [4.69, 9.17) is 0 Å². The first-order chi connectivity index (χ1) is 12.1. The highest BCUT2D eigenvalue weighted by Gasteiger charge is 2.36. The summed E-state index contributed by atoms with van der Waals surface area (Å²) in [6, 6.07) is 12.6. The molecule has 0 bridgehead atoms. The van der Waals surface area contributed by atoms with E-state index in [1.54, 1.807) is 10.4 Å². The van der Waals surface area contributed by atoms with Gasteiger partial charge >= 0.3 is 0 Å². The molecule has 134 valence electrons. The van der Waals surface area contributed by atoms with Crippen LogP contribution < -0.4 is 0 Å². The second kappa shape index (κ2) is 6.83. The van der Waals surface area contributed by atoms with E-state index in [1.165, 1.54) is 22.5 Å². The average molecular weight is 377 g/mol. The summed E-state index contributed by atoms with van der Waals surface area (Å²) >= 11 is 1.41. The Morgan fingerprint density at radius 1 is 1.12 bits per heavy atom. The molecule has 0 radical (unpaired) electrons. The van der Waals surface area contributed by atoms with E-state index >= 15 is 0 Å². The molecule has 0 spiro atoms. The first kappa shape index (κ1) is 17.2. The van der Waals surface area contributed by atoms with Crippen LogP contribution >= 0.6 is 11.3 Å². The standard InChI is InChI=1S/C19H24N2O2S2/c1-2-18-7-8-19(24-18)25(22,23)21-12-10-17(14-21)20-11-9-15-5-3-4-6-16(15)13-20/h3-8,17H,2,9-14H2,1H3. The molecule has 25 heavy (non-hydrogen) atoms. The monoisotopic (exact) mass is 376 g/mol. The SMILES string of the molecule is CCc1ccc(S(=O)(=O)N2CCC(N3CCc4ccccc4C3)C2)s1. The Hall–Kier alpha value is -1.21. The maximum atomic E-state index is 12.9. The molecule has 1 atom stereocenters. The second-order valence-corrected chi connectivity index (χ2v) is 10.2. The van der Waals surface area contributed by atoms with Crippen LogP contribution in [0.5, 0.6) is 0 Å². The summed E-state index contributed by atoms with van der Waals surface area (Å²) in [5.41, 5.74) is 2.83. The predicted molar refractivity (Wildman–Crippen MR) is 101 cm³/mol. The van der Waals surface area contributed by atoms with Gasteiger partial charge in [-0.2, -0.15) is 4.31 Å². The van der Waals surface area contributed by atoms with E-state index in [0.717, 1.165) is 37.2 Å². The lowest BCUT2D eigenvalue weighted by molar-refractivity contribution is 0.185. The molecule has 1 aromatic heterocycles. The zero-order valence-electron chi connectivity index (χ0n) is 14.5. The molecule has 1 unspecified atom stereocenters. The van der Waals surface area contributed by atoms with E-state index < -0.39 is 10.0 Å². The van der Waals surface area contributed by atoms with Crippen LogP contribution in [0.2, 0.25) is 0 Å². The summed E-state index contributed by atoms with van der Waals surface area (Å²) in [7, 11) is -3.33. The van der Waals surface area contributed by atoms with Crippen molar-refractivity contribution in [2.75, 3.05) is 19.6 Å². The molecule has 1 saturated heterocycles. The number of sulfonamides is 1. The second-order valence-electron chi connectivity index (χ2n) is 6.87. The third kappa shape index (κ3) is 3.28. The highest BCUT2D eigenvalue weighted by Crippen LogP contribution is 2.30. The van der Waals surface area contributed by atoms with Crippen LogP contribution in [0, 0.1) is 0 Å². The van der Waals surface area contributed by atoms with E-state index in [-0.39, 0.29) is 0 Å². The molecular formula is C19H24N2O2S2. The smallest absolute Gasteiger partial charge is 0.252 e. The van der Waals surface area contributed by atoms with E-state index in [0.29, 0.717) is 23.3 Å². The summed E-state index contributed by atoms with van der Waals surface area (Å²) in [6.45, 7) is 5.26. The van der Waals surface area contributed by atoms with Crippen LogP contribution in [0.15, 0.2) is 40.6 Å². The summed E-state index contributed by atoms with van der Waals surface area (Å²) in [5.74, 6) is 0. The number of hydrogen-bond acceptors (Lipinski definition) is 4.